The van der Waals surface area contributed by atoms with Crippen molar-refractivity contribution in [2.45, 2.75) is 19.5 Å². The Hall–Kier alpha value is -3.16. The lowest BCUT2D eigenvalue weighted by molar-refractivity contribution is -0.141. The van der Waals surface area contributed by atoms with Gasteiger partial charge in [-0.25, -0.2) is 4.98 Å². The van der Waals surface area contributed by atoms with Crippen LogP contribution in [0.2, 0.25) is 0 Å². The second kappa shape index (κ2) is 6.86. The first-order valence-electron chi connectivity index (χ1n) is 8.12. The first kappa shape index (κ1) is 18.6. The standard InChI is InChI=1S/C19H17F3N4O/c1-11-4-3-5-12(8-11)9-16(27)14-7-6-13(18(23)24-14)15-10-17(19(20,21)22)25-26(15)2/h3-8,10H,9H2,1-2H3,(H2,23,24). The van der Waals surface area contributed by atoms with E-state index in [-0.39, 0.29) is 35.0 Å². The molecule has 0 saturated carbocycles. The molecule has 0 bridgehead atoms. The third kappa shape index (κ3) is 3.99. The van der Waals surface area contributed by atoms with Gasteiger partial charge in [0.1, 0.15) is 11.5 Å². The molecule has 2 aromatic heterocycles. The number of ketones is 1. The maximum absolute atomic E-state index is 12.8. The summed E-state index contributed by atoms with van der Waals surface area (Å²) >= 11 is 0. The van der Waals surface area contributed by atoms with Crippen LogP contribution < -0.4 is 5.73 Å². The summed E-state index contributed by atoms with van der Waals surface area (Å²) < 4.78 is 39.6. The topological polar surface area (TPSA) is 73.8 Å². The lowest BCUT2D eigenvalue weighted by Gasteiger charge is -2.08. The molecular formula is C19H17F3N4O. The van der Waals surface area contributed by atoms with Crippen molar-refractivity contribution in [1.82, 2.24) is 14.8 Å². The van der Waals surface area contributed by atoms with E-state index in [9.17, 15) is 18.0 Å². The van der Waals surface area contributed by atoms with Crippen LogP contribution in [0.4, 0.5) is 19.0 Å². The minimum absolute atomic E-state index is 0.0261. The van der Waals surface area contributed by atoms with Gasteiger partial charge in [-0.05, 0) is 30.7 Å². The number of aromatic nitrogens is 3. The number of anilines is 1. The van der Waals surface area contributed by atoms with E-state index in [1.54, 1.807) is 0 Å². The molecule has 8 heteroatoms. The first-order chi connectivity index (χ1) is 12.6. The third-order valence-electron chi connectivity index (χ3n) is 4.10. The molecule has 2 heterocycles. The van der Waals surface area contributed by atoms with Crippen molar-refractivity contribution in [2.75, 3.05) is 5.73 Å². The molecule has 0 aliphatic heterocycles. The molecule has 3 aromatic rings. The minimum Gasteiger partial charge on any atom is -0.383 e. The molecule has 2 N–H and O–H groups in total. The molecule has 27 heavy (non-hydrogen) atoms. The number of carbonyl (C=O) groups is 1. The Morgan fingerprint density at radius 2 is 1.93 bits per heavy atom. The largest absolute Gasteiger partial charge is 0.435 e. The zero-order valence-electron chi connectivity index (χ0n) is 14.7. The number of nitrogen functional groups attached to an aromatic ring is 1. The molecule has 0 radical (unpaired) electrons. The van der Waals surface area contributed by atoms with Crippen LogP contribution in [0.5, 0.6) is 0 Å². The van der Waals surface area contributed by atoms with Crippen LogP contribution in [-0.4, -0.2) is 20.5 Å². The molecule has 1 aromatic carbocycles. The summed E-state index contributed by atoms with van der Waals surface area (Å²) in [4.78, 5) is 16.5. The average Bonchev–Trinajstić information content (AvgIpc) is 2.96. The fraction of sp³-hybridized carbons (Fsp3) is 0.211. The Labute approximate surface area is 153 Å². The van der Waals surface area contributed by atoms with Gasteiger partial charge in [0.15, 0.2) is 11.5 Å². The molecule has 140 valence electrons. The quantitative estimate of drug-likeness (QED) is 0.705. The van der Waals surface area contributed by atoms with Crippen molar-refractivity contribution >= 4 is 11.6 Å². The van der Waals surface area contributed by atoms with E-state index < -0.39 is 11.9 Å². The van der Waals surface area contributed by atoms with Crippen molar-refractivity contribution in [3.63, 3.8) is 0 Å². The minimum atomic E-state index is -4.55. The van der Waals surface area contributed by atoms with Crippen LogP contribution in [0.1, 0.15) is 27.3 Å². The lowest BCUT2D eigenvalue weighted by Crippen LogP contribution is -2.09. The predicted molar refractivity (Wildman–Crippen MR) is 95.1 cm³/mol. The Morgan fingerprint density at radius 3 is 2.52 bits per heavy atom. The highest BCUT2D eigenvalue weighted by molar-refractivity contribution is 5.96. The molecule has 0 saturated heterocycles. The molecule has 0 atom stereocenters. The summed E-state index contributed by atoms with van der Waals surface area (Å²) in [5, 5.41) is 3.46. The smallest absolute Gasteiger partial charge is 0.383 e. The van der Waals surface area contributed by atoms with Crippen LogP contribution in [0.3, 0.4) is 0 Å². The van der Waals surface area contributed by atoms with Gasteiger partial charge < -0.3 is 5.73 Å². The number of carbonyl (C=O) groups excluding carboxylic acids is 1. The monoisotopic (exact) mass is 374 g/mol. The summed E-state index contributed by atoms with van der Waals surface area (Å²) in [5.41, 5.74) is 7.41. The summed E-state index contributed by atoms with van der Waals surface area (Å²) in [6.45, 7) is 1.93. The third-order valence-corrected chi connectivity index (χ3v) is 4.10. The van der Waals surface area contributed by atoms with E-state index in [1.807, 2.05) is 31.2 Å². The van der Waals surface area contributed by atoms with Gasteiger partial charge in [-0.3, -0.25) is 9.48 Å². The number of halogens is 3. The SMILES string of the molecule is Cc1cccc(CC(=O)c2ccc(-c3cc(C(F)(F)F)nn3C)c(N)n2)c1. The molecule has 5 nitrogen and oxygen atoms in total. The number of benzene rings is 1. The number of hydrogen-bond acceptors (Lipinski definition) is 4. The zero-order chi connectivity index (χ0) is 19.8. The summed E-state index contributed by atoms with van der Waals surface area (Å²) in [6.07, 6.45) is -4.39. The van der Waals surface area contributed by atoms with Gasteiger partial charge in [0.2, 0.25) is 0 Å². The summed E-state index contributed by atoms with van der Waals surface area (Å²) in [6, 6.07) is 11.4. The van der Waals surface area contributed by atoms with E-state index >= 15 is 0 Å². The van der Waals surface area contributed by atoms with E-state index in [4.69, 9.17) is 5.73 Å². The molecule has 0 fully saturated rings. The Morgan fingerprint density at radius 1 is 1.19 bits per heavy atom. The van der Waals surface area contributed by atoms with E-state index in [0.717, 1.165) is 21.9 Å². The van der Waals surface area contributed by atoms with E-state index in [0.29, 0.717) is 0 Å². The zero-order valence-corrected chi connectivity index (χ0v) is 14.7. The van der Waals surface area contributed by atoms with Crippen LogP contribution in [0.25, 0.3) is 11.3 Å². The lowest BCUT2D eigenvalue weighted by atomic mass is 10.0. The number of hydrogen-bond donors (Lipinski definition) is 1. The van der Waals surface area contributed by atoms with Gasteiger partial charge in [0.05, 0.1) is 5.69 Å². The Bertz CT molecular complexity index is 1010. The fourth-order valence-corrected chi connectivity index (χ4v) is 2.80. The first-order valence-corrected chi connectivity index (χ1v) is 8.12. The Kier molecular flexibility index (Phi) is 4.73. The number of pyridine rings is 1. The van der Waals surface area contributed by atoms with Gasteiger partial charge in [0.25, 0.3) is 0 Å². The second-order valence-electron chi connectivity index (χ2n) is 6.25. The van der Waals surface area contributed by atoms with Crippen molar-refractivity contribution in [1.29, 1.82) is 0 Å². The maximum atomic E-state index is 12.8. The predicted octanol–water partition coefficient (Wildman–Crippen LogP) is 3.82. The molecular weight excluding hydrogens is 357 g/mol. The molecule has 0 amide bonds. The van der Waals surface area contributed by atoms with Gasteiger partial charge in [0, 0.05) is 19.0 Å². The highest BCUT2D eigenvalue weighted by Gasteiger charge is 2.35. The molecule has 0 aliphatic rings. The normalized spacial score (nSPS) is 11.6. The number of nitrogens with zero attached hydrogens (tertiary/aromatic N) is 3. The molecule has 0 aliphatic carbocycles. The Balaban J connectivity index is 1.88. The molecule has 0 unspecified atom stereocenters. The van der Waals surface area contributed by atoms with Crippen LogP contribution in [0.15, 0.2) is 42.5 Å². The average molecular weight is 374 g/mol. The highest BCUT2D eigenvalue weighted by atomic mass is 19.4. The van der Waals surface area contributed by atoms with Gasteiger partial charge in [-0.2, -0.15) is 18.3 Å². The van der Waals surface area contributed by atoms with Crippen molar-refractivity contribution < 1.29 is 18.0 Å². The number of nitrogens with two attached hydrogens (primary N) is 1. The van der Waals surface area contributed by atoms with Crippen LogP contribution in [-0.2, 0) is 19.6 Å². The number of rotatable bonds is 4. The van der Waals surface area contributed by atoms with Crippen molar-refractivity contribution in [3.05, 3.63) is 65.0 Å². The van der Waals surface area contributed by atoms with E-state index in [1.165, 1.54) is 19.2 Å². The second-order valence-corrected chi connectivity index (χ2v) is 6.25. The number of aryl methyl sites for hydroxylation is 2. The summed E-state index contributed by atoms with van der Waals surface area (Å²) in [7, 11) is 1.39. The van der Waals surface area contributed by atoms with Gasteiger partial charge in [-0.1, -0.05) is 29.8 Å². The van der Waals surface area contributed by atoms with Crippen LogP contribution in [0, 0.1) is 6.92 Å². The van der Waals surface area contributed by atoms with Gasteiger partial charge >= 0.3 is 6.18 Å². The van der Waals surface area contributed by atoms with Gasteiger partial charge in [-0.15, -0.1) is 0 Å². The maximum Gasteiger partial charge on any atom is 0.435 e. The number of alkyl halides is 3. The number of Topliss-reactive ketones (excluding diaryl/α,β-unsaturated/α-hetero) is 1. The fourth-order valence-electron chi connectivity index (χ4n) is 2.80. The molecule has 0 spiro atoms. The van der Waals surface area contributed by atoms with E-state index in [2.05, 4.69) is 10.1 Å². The van der Waals surface area contributed by atoms with Crippen LogP contribution >= 0.6 is 0 Å². The summed E-state index contributed by atoms with van der Waals surface area (Å²) in [5.74, 6) is -0.248. The van der Waals surface area contributed by atoms with Crippen molar-refractivity contribution in [3.8, 4) is 11.3 Å². The molecule has 3 rings (SSSR count). The van der Waals surface area contributed by atoms with Crippen molar-refractivity contribution in [2.24, 2.45) is 7.05 Å². The highest BCUT2D eigenvalue weighted by Crippen LogP contribution is 2.32.